The monoisotopic (exact) mass is 211 g/mol. The summed E-state index contributed by atoms with van der Waals surface area (Å²) in [5.41, 5.74) is 7.48. The van der Waals surface area contributed by atoms with Gasteiger partial charge in [-0.15, -0.1) is 0 Å². The van der Waals surface area contributed by atoms with Crippen molar-refractivity contribution in [3.8, 4) is 0 Å². The fraction of sp³-hybridized carbons (Fsp3) is 0.500. The number of rotatable bonds is 4. The van der Waals surface area contributed by atoms with Crippen LogP contribution in [-0.4, -0.2) is 11.2 Å². The molecule has 0 fully saturated rings. The van der Waals surface area contributed by atoms with E-state index in [0.717, 1.165) is 12.0 Å². The van der Waals surface area contributed by atoms with Crippen LogP contribution in [0.1, 0.15) is 36.9 Å². The fourth-order valence-electron chi connectivity index (χ4n) is 1.65. The number of hydrogen-bond acceptors (Lipinski definition) is 2. The molecule has 0 aliphatic heterocycles. The molecule has 0 bridgehead atoms. The van der Waals surface area contributed by atoms with Gasteiger partial charge in [0.1, 0.15) is 5.82 Å². The van der Waals surface area contributed by atoms with Crippen LogP contribution in [0.5, 0.6) is 0 Å². The molecule has 3 N–H and O–H groups in total. The Hall–Kier alpha value is -0.930. The van der Waals surface area contributed by atoms with E-state index in [9.17, 15) is 9.50 Å². The number of aryl methyl sites for hydroxylation is 1. The van der Waals surface area contributed by atoms with Gasteiger partial charge in [-0.05, 0) is 36.6 Å². The summed E-state index contributed by atoms with van der Waals surface area (Å²) >= 11 is 0. The molecule has 0 saturated carbocycles. The molecule has 2 atom stereocenters. The molecule has 0 aromatic heterocycles. The maximum Gasteiger partial charge on any atom is 0.123 e. The van der Waals surface area contributed by atoms with Gasteiger partial charge in [0.2, 0.25) is 0 Å². The van der Waals surface area contributed by atoms with E-state index < -0.39 is 12.1 Å². The molecule has 1 rings (SSSR count). The van der Waals surface area contributed by atoms with E-state index in [1.807, 2.05) is 13.8 Å². The van der Waals surface area contributed by atoms with Crippen molar-refractivity contribution in [1.29, 1.82) is 0 Å². The van der Waals surface area contributed by atoms with Crippen molar-refractivity contribution in [1.82, 2.24) is 0 Å². The Morgan fingerprint density at radius 3 is 2.73 bits per heavy atom. The molecule has 1 aromatic carbocycles. The predicted molar refractivity (Wildman–Crippen MR) is 59.0 cm³/mol. The van der Waals surface area contributed by atoms with Gasteiger partial charge in [-0.2, -0.15) is 0 Å². The third-order valence-electron chi connectivity index (χ3n) is 2.60. The summed E-state index contributed by atoms with van der Waals surface area (Å²) in [7, 11) is 0. The van der Waals surface area contributed by atoms with Crippen LogP contribution in [0, 0.1) is 12.7 Å². The first-order valence-corrected chi connectivity index (χ1v) is 5.26. The third kappa shape index (κ3) is 3.01. The lowest BCUT2D eigenvalue weighted by molar-refractivity contribution is 0.134. The van der Waals surface area contributed by atoms with Crippen LogP contribution in [0.3, 0.4) is 0 Å². The van der Waals surface area contributed by atoms with E-state index in [2.05, 4.69) is 0 Å². The van der Waals surface area contributed by atoms with Gasteiger partial charge in [0.15, 0.2) is 0 Å². The molecule has 15 heavy (non-hydrogen) atoms. The van der Waals surface area contributed by atoms with Crippen molar-refractivity contribution in [2.75, 3.05) is 0 Å². The molecule has 0 saturated heterocycles. The Labute approximate surface area is 89.9 Å². The van der Waals surface area contributed by atoms with Gasteiger partial charge in [-0.1, -0.05) is 19.4 Å². The minimum Gasteiger partial charge on any atom is -0.391 e. The molecule has 84 valence electrons. The molecule has 0 amide bonds. The smallest absolute Gasteiger partial charge is 0.123 e. The van der Waals surface area contributed by atoms with Gasteiger partial charge in [0.25, 0.3) is 0 Å². The molecule has 0 heterocycles. The minimum absolute atomic E-state index is 0.310. The zero-order valence-electron chi connectivity index (χ0n) is 9.20. The van der Waals surface area contributed by atoms with Crippen LogP contribution >= 0.6 is 0 Å². The molecule has 0 radical (unpaired) electrons. The van der Waals surface area contributed by atoms with E-state index >= 15 is 0 Å². The van der Waals surface area contributed by atoms with E-state index in [1.165, 1.54) is 12.1 Å². The zero-order chi connectivity index (χ0) is 11.4. The Kier molecular flexibility index (Phi) is 4.24. The Morgan fingerprint density at radius 1 is 1.47 bits per heavy atom. The Bertz CT molecular complexity index is 327. The summed E-state index contributed by atoms with van der Waals surface area (Å²) in [6.07, 6.45) is 0.899. The minimum atomic E-state index is -0.601. The van der Waals surface area contributed by atoms with Gasteiger partial charge in [0.05, 0.1) is 12.1 Å². The van der Waals surface area contributed by atoms with Gasteiger partial charge < -0.3 is 10.8 Å². The third-order valence-corrected chi connectivity index (χ3v) is 2.60. The number of benzene rings is 1. The van der Waals surface area contributed by atoms with Crippen molar-refractivity contribution in [3.63, 3.8) is 0 Å². The second-order valence-corrected chi connectivity index (χ2v) is 3.88. The Morgan fingerprint density at radius 2 is 2.13 bits per heavy atom. The van der Waals surface area contributed by atoms with Gasteiger partial charge in [-0.3, -0.25) is 0 Å². The summed E-state index contributed by atoms with van der Waals surface area (Å²) in [4.78, 5) is 0. The van der Waals surface area contributed by atoms with Crippen LogP contribution in [0.15, 0.2) is 18.2 Å². The summed E-state index contributed by atoms with van der Waals surface area (Å²) in [5.74, 6) is -0.310. The van der Waals surface area contributed by atoms with Gasteiger partial charge in [-0.25, -0.2) is 4.39 Å². The lowest BCUT2D eigenvalue weighted by Crippen LogP contribution is -2.26. The first-order chi connectivity index (χ1) is 7.06. The van der Waals surface area contributed by atoms with Crippen LogP contribution < -0.4 is 5.73 Å². The number of halogens is 1. The zero-order valence-corrected chi connectivity index (χ0v) is 9.20. The topological polar surface area (TPSA) is 46.2 Å². The molecule has 3 heteroatoms. The first kappa shape index (κ1) is 12.1. The Balaban J connectivity index is 2.89. The summed E-state index contributed by atoms with van der Waals surface area (Å²) in [6.45, 7) is 3.85. The highest BCUT2D eigenvalue weighted by molar-refractivity contribution is 5.30. The molecular formula is C12H18FNO. The second kappa shape index (κ2) is 5.24. The van der Waals surface area contributed by atoms with Crippen LogP contribution in [0.2, 0.25) is 0 Å². The van der Waals surface area contributed by atoms with Crippen molar-refractivity contribution in [2.45, 2.75) is 38.8 Å². The summed E-state index contributed by atoms with van der Waals surface area (Å²) in [5, 5.41) is 9.74. The summed E-state index contributed by atoms with van der Waals surface area (Å²) in [6, 6.07) is 3.99. The van der Waals surface area contributed by atoms with Crippen LogP contribution in [0.4, 0.5) is 4.39 Å². The highest BCUT2D eigenvalue weighted by atomic mass is 19.1. The van der Waals surface area contributed by atoms with E-state index in [4.69, 9.17) is 5.73 Å². The molecule has 0 aliphatic carbocycles. The molecule has 0 unspecified atom stereocenters. The summed E-state index contributed by atoms with van der Waals surface area (Å²) < 4.78 is 13.0. The average Bonchev–Trinajstić information content (AvgIpc) is 2.21. The average molecular weight is 211 g/mol. The van der Waals surface area contributed by atoms with E-state index in [0.29, 0.717) is 12.0 Å². The highest BCUT2D eigenvalue weighted by Gasteiger charge is 2.18. The molecule has 0 aliphatic rings. The molecular weight excluding hydrogens is 193 g/mol. The van der Waals surface area contributed by atoms with Gasteiger partial charge in [0, 0.05) is 0 Å². The number of aliphatic hydroxyl groups is 1. The van der Waals surface area contributed by atoms with E-state index in [-0.39, 0.29) is 5.82 Å². The lowest BCUT2D eigenvalue weighted by atomic mass is 9.95. The SMILES string of the molecule is CCC[C@H](O)[C@H](N)c1cc(F)ccc1C. The quantitative estimate of drug-likeness (QED) is 0.802. The van der Waals surface area contributed by atoms with Gasteiger partial charge >= 0.3 is 0 Å². The molecule has 0 spiro atoms. The number of aliphatic hydroxyl groups excluding tert-OH is 1. The highest BCUT2D eigenvalue weighted by Crippen LogP contribution is 2.21. The predicted octanol–water partition coefficient (Wildman–Crippen LogP) is 2.29. The van der Waals surface area contributed by atoms with Crippen molar-refractivity contribution >= 4 is 0 Å². The molecule has 2 nitrogen and oxygen atoms in total. The van der Waals surface area contributed by atoms with Crippen molar-refractivity contribution < 1.29 is 9.50 Å². The first-order valence-electron chi connectivity index (χ1n) is 5.26. The fourth-order valence-corrected chi connectivity index (χ4v) is 1.65. The normalized spacial score (nSPS) is 15.0. The molecule has 1 aromatic rings. The standard InChI is InChI=1S/C12H18FNO/c1-3-4-11(15)12(14)10-7-9(13)6-5-8(10)2/h5-7,11-12,15H,3-4,14H2,1-2H3/t11-,12+/m0/s1. The second-order valence-electron chi connectivity index (χ2n) is 3.88. The van der Waals surface area contributed by atoms with Crippen molar-refractivity contribution in [3.05, 3.63) is 35.1 Å². The van der Waals surface area contributed by atoms with Crippen molar-refractivity contribution in [2.24, 2.45) is 5.73 Å². The number of hydrogen-bond donors (Lipinski definition) is 2. The number of nitrogens with two attached hydrogens (primary N) is 1. The largest absolute Gasteiger partial charge is 0.391 e. The van der Waals surface area contributed by atoms with Crippen LogP contribution in [-0.2, 0) is 0 Å². The van der Waals surface area contributed by atoms with Crippen LogP contribution in [0.25, 0.3) is 0 Å². The maximum absolute atomic E-state index is 13.0. The lowest BCUT2D eigenvalue weighted by Gasteiger charge is -2.20. The van der Waals surface area contributed by atoms with E-state index in [1.54, 1.807) is 6.07 Å². The maximum atomic E-state index is 13.0.